The number of carbonyl (C=O) groups is 1. The van der Waals surface area contributed by atoms with Gasteiger partial charge in [-0.05, 0) is 42.8 Å². The first kappa shape index (κ1) is 19.0. The highest BCUT2D eigenvalue weighted by Gasteiger charge is 2.09. The van der Waals surface area contributed by atoms with Gasteiger partial charge in [0.1, 0.15) is 0 Å². The summed E-state index contributed by atoms with van der Waals surface area (Å²) in [6.07, 6.45) is 1.64. The van der Waals surface area contributed by atoms with Crippen LogP contribution in [0.15, 0.2) is 57.8 Å². The Bertz CT molecular complexity index is 1090. The second kappa shape index (κ2) is 8.77. The van der Waals surface area contributed by atoms with Crippen molar-refractivity contribution in [3.8, 4) is 11.5 Å². The molecule has 0 unspecified atom stereocenters. The Kier molecular flexibility index (Phi) is 5.96. The van der Waals surface area contributed by atoms with Crippen LogP contribution in [0.1, 0.15) is 12.5 Å². The smallest absolute Gasteiger partial charge is 0.365 e. The molecule has 0 aliphatic rings. The zero-order valence-electron chi connectivity index (χ0n) is 15.4. The molecule has 0 radical (unpaired) electrons. The molecule has 2 aromatic carbocycles. The topological polar surface area (TPSA) is 93.6 Å². The van der Waals surface area contributed by atoms with Crippen LogP contribution >= 0.6 is 0 Å². The lowest BCUT2D eigenvalue weighted by atomic mass is 10.1. The molecule has 0 atom stereocenters. The lowest BCUT2D eigenvalue weighted by molar-refractivity contribution is -0.118. The lowest BCUT2D eigenvalue weighted by Gasteiger charge is -2.12. The van der Waals surface area contributed by atoms with E-state index in [0.29, 0.717) is 39.9 Å². The van der Waals surface area contributed by atoms with Crippen LogP contribution in [0.25, 0.3) is 12.7 Å². The molecule has 7 nitrogen and oxygen atoms in total. The van der Waals surface area contributed by atoms with Crippen molar-refractivity contribution in [1.82, 2.24) is 5.16 Å². The van der Waals surface area contributed by atoms with Crippen molar-refractivity contribution in [2.75, 3.05) is 18.5 Å². The van der Waals surface area contributed by atoms with Gasteiger partial charge in [0.05, 0.1) is 17.2 Å². The summed E-state index contributed by atoms with van der Waals surface area (Å²) in [5.74, 6) is 0.614. The van der Waals surface area contributed by atoms with Gasteiger partial charge in [0.2, 0.25) is 0 Å². The monoisotopic (exact) mass is 380 g/mol. The number of hydrogen-bond donors (Lipinski definition) is 2. The molecule has 0 saturated heterocycles. The number of nitrogens with one attached hydrogen (secondary N) is 2. The van der Waals surface area contributed by atoms with Gasteiger partial charge < -0.3 is 19.3 Å². The van der Waals surface area contributed by atoms with Crippen molar-refractivity contribution in [2.45, 2.75) is 6.92 Å². The maximum atomic E-state index is 12.1. The minimum Gasteiger partial charge on any atom is -0.490 e. The van der Waals surface area contributed by atoms with Crippen LogP contribution in [0, 0.1) is 0 Å². The summed E-state index contributed by atoms with van der Waals surface area (Å²) in [5, 5.41) is 5.90. The van der Waals surface area contributed by atoms with E-state index in [9.17, 15) is 9.59 Å². The molecule has 3 rings (SSSR count). The molecule has 0 bridgehead atoms. The van der Waals surface area contributed by atoms with Crippen molar-refractivity contribution < 1.29 is 18.8 Å². The molecule has 0 fully saturated rings. The molecular formula is C21H20N2O5. The predicted octanol–water partition coefficient (Wildman–Crippen LogP) is 1.62. The Labute approximate surface area is 160 Å². The summed E-state index contributed by atoms with van der Waals surface area (Å²) < 4.78 is 15.9. The van der Waals surface area contributed by atoms with Gasteiger partial charge >= 0.3 is 5.63 Å². The van der Waals surface area contributed by atoms with Gasteiger partial charge in [-0.2, -0.15) is 0 Å². The van der Waals surface area contributed by atoms with Crippen molar-refractivity contribution >= 4 is 24.2 Å². The zero-order chi connectivity index (χ0) is 19.9. The third-order valence-electron chi connectivity index (χ3n) is 3.81. The third-order valence-corrected chi connectivity index (χ3v) is 3.81. The fourth-order valence-electron chi connectivity index (χ4n) is 2.52. The maximum absolute atomic E-state index is 12.1. The van der Waals surface area contributed by atoms with Gasteiger partial charge in [0, 0.05) is 5.69 Å². The maximum Gasteiger partial charge on any atom is 0.365 e. The van der Waals surface area contributed by atoms with Gasteiger partial charge in [-0.1, -0.05) is 30.8 Å². The van der Waals surface area contributed by atoms with Gasteiger partial charge in [-0.25, -0.2) is 9.95 Å². The molecule has 144 valence electrons. The van der Waals surface area contributed by atoms with Crippen LogP contribution in [-0.4, -0.2) is 24.3 Å². The van der Waals surface area contributed by atoms with Crippen LogP contribution in [-0.2, 0) is 4.79 Å². The number of aromatic amines is 1. The molecule has 3 aromatic rings. The van der Waals surface area contributed by atoms with Gasteiger partial charge in [0.25, 0.3) is 5.91 Å². The molecule has 2 N–H and O–H groups in total. The molecular weight excluding hydrogens is 360 g/mol. The minimum atomic E-state index is -0.499. The number of aromatic nitrogens is 1. The summed E-state index contributed by atoms with van der Waals surface area (Å²) in [6.45, 7) is 5.82. The van der Waals surface area contributed by atoms with E-state index in [1.807, 2.05) is 25.1 Å². The normalized spacial score (nSPS) is 11.2. The minimum absolute atomic E-state index is 0.164. The highest BCUT2D eigenvalue weighted by molar-refractivity contribution is 5.91. The Morgan fingerprint density at radius 3 is 2.64 bits per heavy atom. The Balaban J connectivity index is 1.76. The Morgan fingerprint density at radius 1 is 1.18 bits per heavy atom. The molecule has 1 amide bonds. The number of ether oxygens (including phenoxy) is 2. The van der Waals surface area contributed by atoms with E-state index in [0.717, 1.165) is 0 Å². The highest BCUT2D eigenvalue weighted by atomic mass is 16.5. The second-order valence-corrected chi connectivity index (χ2v) is 5.87. The van der Waals surface area contributed by atoms with Crippen LogP contribution in [0.5, 0.6) is 11.5 Å². The van der Waals surface area contributed by atoms with Crippen molar-refractivity contribution in [3.05, 3.63) is 75.1 Å². The van der Waals surface area contributed by atoms with Crippen LogP contribution in [0.3, 0.4) is 0 Å². The van der Waals surface area contributed by atoms with Crippen LogP contribution in [0.2, 0.25) is 0 Å². The standard InChI is InChI=1S/C21H20N2O5/c1-3-26-19-12-15(11-17-14(2)23-28-21(17)25)9-10-18(19)27-13-20(24)22-16-7-5-4-6-8-16/h4-12,23H,2-3,13H2,1H3,(H,22,24)/b17-11+. The number of anilines is 1. The number of carbonyl (C=O) groups excluding carboxylic acids is 1. The van der Waals surface area contributed by atoms with E-state index < -0.39 is 5.63 Å². The van der Waals surface area contributed by atoms with Crippen molar-refractivity contribution in [3.63, 3.8) is 0 Å². The first-order chi connectivity index (χ1) is 13.6. The molecule has 0 aliphatic carbocycles. The predicted molar refractivity (Wildman–Crippen MR) is 106 cm³/mol. The number of H-pyrrole nitrogens is 1. The van der Waals surface area contributed by atoms with Crippen LogP contribution in [0.4, 0.5) is 5.69 Å². The molecule has 7 heteroatoms. The summed E-state index contributed by atoms with van der Waals surface area (Å²) >= 11 is 0. The number of amides is 1. The van der Waals surface area contributed by atoms with E-state index in [1.54, 1.807) is 36.4 Å². The molecule has 1 heterocycles. The third kappa shape index (κ3) is 4.70. The molecule has 0 spiro atoms. The van der Waals surface area contributed by atoms with Crippen molar-refractivity contribution in [2.24, 2.45) is 0 Å². The second-order valence-electron chi connectivity index (χ2n) is 5.87. The SMILES string of the molecule is C=c1[nH]oc(=O)/c1=C/c1ccc(OCC(=O)Nc2ccccc2)c(OCC)c1. The van der Waals surface area contributed by atoms with E-state index in [-0.39, 0.29) is 12.5 Å². The summed E-state index contributed by atoms with van der Waals surface area (Å²) in [7, 11) is 0. The fourth-order valence-corrected chi connectivity index (χ4v) is 2.52. The number of benzene rings is 2. The average molecular weight is 380 g/mol. The first-order valence-corrected chi connectivity index (χ1v) is 8.69. The molecule has 0 saturated carbocycles. The van der Waals surface area contributed by atoms with E-state index in [4.69, 9.17) is 14.0 Å². The number of hydrogen-bond acceptors (Lipinski definition) is 5. The van der Waals surface area contributed by atoms with Gasteiger partial charge in [0.15, 0.2) is 18.1 Å². The van der Waals surface area contributed by atoms with Gasteiger partial charge in [-0.15, -0.1) is 0 Å². The average Bonchev–Trinajstić information content (AvgIpc) is 3.00. The van der Waals surface area contributed by atoms with Gasteiger partial charge in [-0.3, -0.25) is 4.79 Å². The number of rotatable bonds is 7. The Hall–Kier alpha value is -3.74. The molecule has 0 aliphatic heterocycles. The van der Waals surface area contributed by atoms with E-state index in [2.05, 4.69) is 17.1 Å². The summed E-state index contributed by atoms with van der Waals surface area (Å²) in [6, 6.07) is 14.3. The molecule has 1 aromatic heterocycles. The highest BCUT2D eigenvalue weighted by Crippen LogP contribution is 2.28. The fraction of sp³-hybridized carbons (Fsp3) is 0.143. The van der Waals surface area contributed by atoms with E-state index in [1.165, 1.54) is 0 Å². The van der Waals surface area contributed by atoms with Crippen molar-refractivity contribution in [1.29, 1.82) is 0 Å². The lowest BCUT2D eigenvalue weighted by Crippen LogP contribution is -2.31. The largest absolute Gasteiger partial charge is 0.490 e. The summed E-state index contributed by atoms with van der Waals surface area (Å²) in [5.41, 5.74) is 0.905. The van der Waals surface area contributed by atoms with E-state index >= 15 is 0 Å². The Morgan fingerprint density at radius 2 is 1.96 bits per heavy atom. The number of para-hydroxylation sites is 1. The van der Waals surface area contributed by atoms with Crippen LogP contribution < -0.4 is 31.0 Å². The quantitative estimate of drug-likeness (QED) is 0.650. The first-order valence-electron chi connectivity index (χ1n) is 8.69. The molecule has 28 heavy (non-hydrogen) atoms. The zero-order valence-corrected chi connectivity index (χ0v) is 15.4. The summed E-state index contributed by atoms with van der Waals surface area (Å²) in [4.78, 5) is 23.7.